The highest BCUT2D eigenvalue weighted by molar-refractivity contribution is 7.60. The van der Waals surface area contributed by atoms with Gasteiger partial charge < -0.3 is 49.9 Å². The Bertz CT molecular complexity index is 1330. The van der Waals surface area contributed by atoms with E-state index in [1.807, 2.05) is 0 Å². The van der Waals surface area contributed by atoms with E-state index < -0.39 is 83.6 Å². The van der Waals surface area contributed by atoms with Gasteiger partial charge in [-0.15, -0.1) is 0 Å². The van der Waals surface area contributed by atoms with E-state index in [1.165, 1.54) is 0 Å². The number of nitrogen functional groups attached to an aromatic ring is 1. The number of H-pyrrole nitrogens is 1. The summed E-state index contributed by atoms with van der Waals surface area (Å²) in [5, 5.41) is 41.6. The van der Waals surface area contributed by atoms with Crippen LogP contribution in [0.2, 0.25) is 0 Å². The van der Waals surface area contributed by atoms with Crippen molar-refractivity contribution in [3.63, 3.8) is 0 Å². The fraction of sp³-hybridized carbons (Fsp3) is 0.667. The number of ether oxygens (including phenoxy) is 2. The van der Waals surface area contributed by atoms with E-state index in [0.29, 0.717) is 0 Å². The molecule has 200 valence electrons. The summed E-state index contributed by atoms with van der Waals surface area (Å²) in [6.07, 6.45) is -11.9. The number of aromatic nitrogens is 4. The molecule has 0 aliphatic carbocycles. The maximum absolute atomic E-state index is 12.7. The van der Waals surface area contributed by atoms with Crippen LogP contribution in [0, 0.1) is 0 Å². The number of hydrogen-bond donors (Lipinski definition) is 7. The average Bonchev–Trinajstić information content (AvgIpc) is 3.37. The third kappa shape index (κ3) is 4.31. The van der Waals surface area contributed by atoms with Crippen LogP contribution in [0.1, 0.15) is 12.5 Å². The first kappa shape index (κ1) is 25.8. The maximum atomic E-state index is 12.7. The molecular formula is C15H21N5O14P2. The van der Waals surface area contributed by atoms with Gasteiger partial charge in [0.1, 0.15) is 36.6 Å². The molecule has 19 nitrogen and oxygen atoms in total. The minimum atomic E-state index is -5.56. The Hall–Kier alpha value is -1.83. The second kappa shape index (κ2) is 8.88. The van der Waals surface area contributed by atoms with E-state index >= 15 is 0 Å². The minimum absolute atomic E-state index is 0.0871. The van der Waals surface area contributed by atoms with Gasteiger partial charge in [0.25, 0.3) is 13.6 Å². The van der Waals surface area contributed by atoms with Crippen LogP contribution in [0.15, 0.2) is 11.1 Å². The van der Waals surface area contributed by atoms with Gasteiger partial charge in [0, 0.05) is 0 Å². The van der Waals surface area contributed by atoms with Gasteiger partial charge in [-0.05, 0) is 0 Å². The molecule has 21 heteroatoms. The van der Waals surface area contributed by atoms with Gasteiger partial charge in [-0.25, -0.2) is 22.8 Å². The molecule has 10 atom stereocenters. The van der Waals surface area contributed by atoms with Crippen molar-refractivity contribution in [1.29, 1.82) is 0 Å². The van der Waals surface area contributed by atoms with Gasteiger partial charge in [0.05, 0.1) is 13.2 Å². The molecular weight excluding hydrogens is 536 g/mol. The van der Waals surface area contributed by atoms with Crippen LogP contribution in [0.5, 0.6) is 0 Å². The normalized spacial score (nSPS) is 43.7. The van der Waals surface area contributed by atoms with Crippen molar-refractivity contribution >= 4 is 32.6 Å². The van der Waals surface area contributed by atoms with Gasteiger partial charge in [0.2, 0.25) is 18.2 Å². The smallest absolute Gasteiger partial charge is 0.478 e. The second-order valence-electron chi connectivity index (χ2n) is 8.22. The monoisotopic (exact) mass is 557 g/mol. The summed E-state index contributed by atoms with van der Waals surface area (Å²) in [6.45, 7) is -1.90. The fourth-order valence-corrected chi connectivity index (χ4v) is 6.23. The number of aliphatic hydroxyl groups is 4. The van der Waals surface area contributed by atoms with Gasteiger partial charge >= 0.3 is 13.5 Å². The predicted octanol–water partition coefficient (Wildman–Crippen LogP) is -4.54. The number of aliphatic hydroxyl groups excluding tert-OH is 4. The van der Waals surface area contributed by atoms with Crippen LogP contribution in [0.4, 0.5) is 5.82 Å². The SMILES string of the molecule is Nc1c2[nH]c(=O)n3c2nc[n+]1[C@@H]1O[C@H](COP(=O)(O)OP(=O)([O-])OC[C@H]2O[C@@H]3[C@H](O)[C@@H]2O)[C@@H](O)[C@H]1O. The Balaban J connectivity index is 1.61. The topological polar surface area (TPSA) is 285 Å². The summed E-state index contributed by atoms with van der Waals surface area (Å²) < 4.78 is 50.1. The Kier molecular flexibility index (Phi) is 6.37. The lowest BCUT2D eigenvalue weighted by Crippen LogP contribution is -2.48. The van der Waals surface area contributed by atoms with Crippen molar-refractivity contribution in [2.75, 3.05) is 18.9 Å². The highest BCUT2D eigenvalue weighted by atomic mass is 31.3. The van der Waals surface area contributed by atoms with Gasteiger partial charge in [-0.2, -0.15) is 0 Å². The predicted molar refractivity (Wildman–Crippen MR) is 107 cm³/mol. The largest absolute Gasteiger partial charge is 0.756 e. The number of hydrogen-bond acceptors (Lipinski definition) is 15. The molecule has 6 rings (SSSR count). The lowest BCUT2D eigenvalue weighted by molar-refractivity contribution is -0.755. The number of nitrogens with one attached hydrogen (secondary N) is 1. The number of nitrogens with two attached hydrogens (primary N) is 1. The Labute approximate surface area is 199 Å². The molecule has 0 radical (unpaired) electrons. The highest BCUT2D eigenvalue weighted by Gasteiger charge is 2.49. The third-order valence-corrected chi connectivity index (χ3v) is 8.51. The summed E-state index contributed by atoms with van der Waals surface area (Å²) in [5.74, 6) is -0.203. The number of aromatic amines is 1. The average molecular weight is 557 g/mol. The number of phosphoric ester groups is 2. The maximum Gasteiger partial charge on any atom is 0.478 e. The molecule has 6 heterocycles. The molecule has 4 aliphatic heterocycles. The van der Waals surface area contributed by atoms with Crippen LogP contribution in [-0.2, 0) is 32.0 Å². The molecule has 0 amide bonds. The van der Waals surface area contributed by atoms with Gasteiger partial charge in [-0.1, -0.05) is 4.98 Å². The van der Waals surface area contributed by atoms with Crippen LogP contribution in [-0.4, -0.2) is 89.7 Å². The minimum Gasteiger partial charge on any atom is -0.756 e. The van der Waals surface area contributed by atoms with Crippen molar-refractivity contribution in [3.05, 3.63) is 16.8 Å². The second-order valence-corrected chi connectivity index (χ2v) is 11.2. The zero-order valence-electron chi connectivity index (χ0n) is 17.8. The van der Waals surface area contributed by atoms with Crippen molar-refractivity contribution in [2.45, 2.75) is 49.1 Å². The molecule has 2 saturated heterocycles. The quantitative estimate of drug-likeness (QED) is 0.119. The van der Waals surface area contributed by atoms with Crippen molar-refractivity contribution in [3.8, 4) is 0 Å². The molecule has 8 N–H and O–H groups in total. The Morgan fingerprint density at radius 2 is 1.72 bits per heavy atom. The molecule has 2 unspecified atom stereocenters. The first-order valence-corrected chi connectivity index (χ1v) is 13.2. The van der Waals surface area contributed by atoms with Crippen LogP contribution < -0.4 is 20.9 Å². The molecule has 8 bridgehead atoms. The molecule has 0 aromatic carbocycles. The van der Waals surface area contributed by atoms with Crippen LogP contribution >= 0.6 is 15.6 Å². The molecule has 2 fully saturated rings. The fourth-order valence-electron chi connectivity index (χ4n) is 4.17. The zero-order chi connectivity index (χ0) is 26.2. The Morgan fingerprint density at radius 3 is 2.44 bits per heavy atom. The van der Waals surface area contributed by atoms with Crippen molar-refractivity contribution in [1.82, 2.24) is 14.5 Å². The summed E-state index contributed by atoms with van der Waals surface area (Å²) >= 11 is 0. The molecule has 36 heavy (non-hydrogen) atoms. The first-order chi connectivity index (χ1) is 16.8. The third-order valence-electron chi connectivity index (χ3n) is 5.95. The molecule has 0 spiro atoms. The van der Waals surface area contributed by atoms with E-state index in [1.54, 1.807) is 0 Å². The van der Waals surface area contributed by atoms with E-state index in [9.17, 15) is 44.1 Å². The molecule has 0 saturated carbocycles. The Morgan fingerprint density at radius 1 is 1.08 bits per heavy atom. The zero-order valence-corrected chi connectivity index (χ0v) is 19.6. The number of anilines is 1. The van der Waals surface area contributed by atoms with Crippen molar-refractivity contribution < 1.29 is 66.7 Å². The summed E-state index contributed by atoms with van der Waals surface area (Å²) in [4.78, 5) is 41.1. The van der Waals surface area contributed by atoms with Gasteiger partial charge in [-0.3, -0.25) is 14.1 Å². The molecule has 4 aliphatic rings. The number of nitrogens with zero attached hydrogens (tertiary/aromatic N) is 3. The molecule has 2 aromatic heterocycles. The number of phosphoric acid groups is 2. The highest BCUT2D eigenvalue weighted by Crippen LogP contribution is 2.58. The van der Waals surface area contributed by atoms with Gasteiger partial charge in [0.15, 0.2) is 11.7 Å². The van der Waals surface area contributed by atoms with E-state index in [0.717, 1.165) is 15.5 Å². The number of rotatable bonds is 0. The number of fused-ring (bicyclic) bond motifs is 7. The lowest BCUT2D eigenvalue weighted by atomic mass is 10.1. The van der Waals surface area contributed by atoms with E-state index in [-0.39, 0.29) is 17.0 Å². The number of imidazole rings is 1. The summed E-state index contributed by atoms with van der Waals surface area (Å²) in [7, 11) is -10.9. The lowest BCUT2D eigenvalue weighted by Gasteiger charge is -2.26. The van der Waals surface area contributed by atoms with Crippen LogP contribution in [0.25, 0.3) is 11.2 Å². The van der Waals surface area contributed by atoms with Crippen LogP contribution in [0.3, 0.4) is 0 Å². The molecule has 2 aromatic rings. The van der Waals surface area contributed by atoms with E-state index in [4.69, 9.17) is 15.2 Å². The summed E-state index contributed by atoms with van der Waals surface area (Å²) in [5.41, 5.74) is 5.04. The van der Waals surface area contributed by atoms with Crippen molar-refractivity contribution in [2.24, 2.45) is 0 Å². The first-order valence-electron chi connectivity index (χ1n) is 10.3. The van der Waals surface area contributed by atoms with E-state index in [2.05, 4.69) is 23.3 Å². The summed E-state index contributed by atoms with van der Waals surface area (Å²) in [6, 6.07) is 0. The standard InChI is InChI=1S/C15H21N5O14P2/c16-11-6-12-17-3-19(11)13-9(23)7(21)4(32-13)1-30-35(26,27)34-36(28,29)31-2-5-8(22)10(24)14(33-5)20(12)15(25)18-6/h3-5,7-10,13-14,16,21-24H,1-2H2,(H3,18,25,26,27,28,29)/t4-,5-,7-,8-,9-,10-,13-,14-/m1/s1.